The van der Waals surface area contributed by atoms with Crippen LogP contribution < -0.4 is 5.46 Å². The van der Waals surface area contributed by atoms with Crippen molar-refractivity contribution in [2.75, 3.05) is 0 Å². The molecule has 0 radical (unpaired) electrons. The zero-order chi connectivity index (χ0) is 33.5. The summed E-state index contributed by atoms with van der Waals surface area (Å²) >= 11 is 0. The highest BCUT2D eigenvalue weighted by molar-refractivity contribution is 6.48. The predicted octanol–water partition coefficient (Wildman–Crippen LogP) is 8.98. The van der Waals surface area contributed by atoms with Gasteiger partial charge in [0.2, 0.25) is 0 Å². The number of furan rings is 1. The van der Waals surface area contributed by atoms with Gasteiger partial charge in [0.25, 0.3) is 0 Å². The Kier molecular flexibility index (Phi) is 8.18. The number of hydrogen-bond acceptors (Lipinski definition) is 5. The minimum atomic E-state index is -1.00. The Morgan fingerprint density at radius 1 is 0.812 bits per heavy atom. The minimum absolute atomic E-state index is 0.00774. The van der Waals surface area contributed by atoms with Crippen molar-refractivity contribution in [3.8, 4) is 33.8 Å². The summed E-state index contributed by atoms with van der Waals surface area (Å²) in [7, 11) is 0.338. The Morgan fingerprint density at radius 3 is 2.27 bits per heavy atom. The Labute approximate surface area is 283 Å². The van der Waals surface area contributed by atoms with E-state index in [0.29, 0.717) is 7.48 Å². The van der Waals surface area contributed by atoms with E-state index in [1.807, 2.05) is 50.2 Å². The first-order valence-corrected chi connectivity index (χ1v) is 16.7. The van der Waals surface area contributed by atoms with Gasteiger partial charge in [-0.15, -0.1) is 0 Å². The Balaban J connectivity index is 1.29. The molecule has 1 aliphatic rings. The average Bonchev–Trinajstić information content (AvgIpc) is 3.45. The molecule has 0 bridgehead atoms. The molecule has 1 aliphatic carbocycles. The number of hydrogen-bond donors (Lipinski definition) is 1. The van der Waals surface area contributed by atoms with Crippen molar-refractivity contribution in [1.29, 1.82) is 0 Å². The molecule has 2 aromatic heterocycles. The van der Waals surface area contributed by atoms with Crippen molar-refractivity contribution in [2.45, 2.75) is 58.7 Å². The molecule has 0 amide bonds. The van der Waals surface area contributed by atoms with Gasteiger partial charge in [-0.25, -0.2) is 9.97 Å². The SMILES string of the molecule is CC1(Cc2cc(-c3ccc(-c4cc(BOC(C)(C)C(C)(C)O)cc5oc6ccccc6c45)cc3)nc(-c3ccccc3)n2)C=CC=CC1. The number of benzene rings is 4. The maximum Gasteiger partial charge on any atom is 0.309 e. The minimum Gasteiger partial charge on any atom is -0.456 e. The molecule has 240 valence electrons. The lowest BCUT2D eigenvalue weighted by Gasteiger charge is -2.37. The lowest BCUT2D eigenvalue weighted by atomic mass is 9.79. The van der Waals surface area contributed by atoms with Gasteiger partial charge in [-0.1, -0.05) is 110 Å². The van der Waals surface area contributed by atoms with Crippen molar-refractivity contribution < 1.29 is 14.2 Å². The summed E-state index contributed by atoms with van der Waals surface area (Å²) in [5.74, 6) is 0.736. The van der Waals surface area contributed by atoms with Crippen LogP contribution in [0.15, 0.2) is 126 Å². The standard InChI is InChI=1S/C42H41BN2O3/c1-40(2,46)41(3,4)48-43-31-24-34(38-33-16-10-11-17-36(33)47-37(38)25-31)28-18-20-29(21-19-28)35-26-32(27-42(5)22-12-7-13-23-42)44-39(45-35)30-14-8-6-9-15-30/h6-22,24-26,43,46H,23,27H2,1-5H3. The fraction of sp³-hybridized carbons (Fsp3) is 0.238. The van der Waals surface area contributed by atoms with Gasteiger partial charge >= 0.3 is 7.48 Å². The smallest absolute Gasteiger partial charge is 0.309 e. The molecule has 7 rings (SSSR count). The van der Waals surface area contributed by atoms with Crippen LogP contribution in [0.1, 0.15) is 46.7 Å². The molecule has 0 saturated heterocycles. The summed E-state index contributed by atoms with van der Waals surface area (Å²) < 4.78 is 12.6. The normalized spacial score (nSPS) is 16.5. The summed E-state index contributed by atoms with van der Waals surface area (Å²) in [6, 6.07) is 33.4. The lowest BCUT2D eigenvalue weighted by Crippen LogP contribution is -2.49. The van der Waals surface area contributed by atoms with Crippen LogP contribution in [0.4, 0.5) is 0 Å². The molecule has 0 aliphatic heterocycles. The van der Waals surface area contributed by atoms with Crippen molar-refractivity contribution in [3.05, 3.63) is 127 Å². The molecule has 4 aromatic carbocycles. The van der Waals surface area contributed by atoms with Crippen LogP contribution in [0.25, 0.3) is 55.7 Å². The van der Waals surface area contributed by atoms with Gasteiger partial charge < -0.3 is 14.2 Å². The number of aliphatic hydroxyl groups is 1. The molecular formula is C42H41BN2O3. The van der Waals surface area contributed by atoms with Gasteiger partial charge in [0.05, 0.1) is 16.9 Å². The van der Waals surface area contributed by atoms with Crippen molar-refractivity contribution in [2.24, 2.45) is 5.41 Å². The van der Waals surface area contributed by atoms with Crippen LogP contribution in [0, 0.1) is 5.41 Å². The van der Waals surface area contributed by atoms with E-state index < -0.39 is 11.2 Å². The molecule has 1 atom stereocenters. The molecule has 0 spiro atoms. The molecule has 6 heteroatoms. The third-order valence-electron chi connectivity index (χ3n) is 9.83. The number of rotatable bonds is 9. The third kappa shape index (κ3) is 6.38. The number of para-hydroxylation sites is 1. The van der Waals surface area contributed by atoms with Crippen LogP contribution in [0.2, 0.25) is 0 Å². The molecular weight excluding hydrogens is 591 g/mol. The van der Waals surface area contributed by atoms with Gasteiger partial charge in [0, 0.05) is 27.6 Å². The average molecular weight is 633 g/mol. The number of allylic oxidation sites excluding steroid dienone is 4. The van der Waals surface area contributed by atoms with Gasteiger partial charge in [-0.3, -0.25) is 0 Å². The van der Waals surface area contributed by atoms with Gasteiger partial charge in [-0.05, 0) is 80.7 Å². The van der Waals surface area contributed by atoms with E-state index in [2.05, 4.69) is 91.9 Å². The summed E-state index contributed by atoms with van der Waals surface area (Å²) in [6.45, 7) is 9.67. The Hall–Kier alpha value is -4.78. The van der Waals surface area contributed by atoms with Crippen LogP contribution >= 0.6 is 0 Å². The summed E-state index contributed by atoms with van der Waals surface area (Å²) in [5, 5.41) is 12.8. The van der Waals surface area contributed by atoms with Crippen LogP contribution in [-0.4, -0.2) is 33.8 Å². The Morgan fingerprint density at radius 2 is 1.54 bits per heavy atom. The molecule has 1 N–H and O–H groups in total. The molecule has 0 fully saturated rings. The van der Waals surface area contributed by atoms with E-state index >= 15 is 0 Å². The first-order valence-electron chi connectivity index (χ1n) is 16.7. The monoisotopic (exact) mass is 632 g/mol. The number of fused-ring (bicyclic) bond motifs is 3. The first-order chi connectivity index (χ1) is 23.0. The highest BCUT2D eigenvalue weighted by Gasteiger charge is 2.35. The molecule has 1 unspecified atom stereocenters. The fourth-order valence-electron chi connectivity index (χ4n) is 6.25. The largest absolute Gasteiger partial charge is 0.456 e. The summed E-state index contributed by atoms with van der Waals surface area (Å²) in [6.07, 6.45) is 10.6. The van der Waals surface area contributed by atoms with Crippen molar-refractivity contribution in [3.63, 3.8) is 0 Å². The van der Waals surface area contributed by atoms with E-state index in [1.54, 1.807) is 13.8 Å². The summed E-state index contributed by atoms with van der Waals surface area (Å²) in [4.78, 5) is 10.1. The third-order valence-corrected chi connectivity index (χ3v) is 9.83. The second-order valence-electron chi connectivity index (χ2n) is 14.3. The van der Waals surface area contributed by atoms with E-state index in [4.69, 9.17) is 19.0 Å². The van der Waals surface area contributed by atoms with E-state index in [9.17, 15) is 5.11 Å². The topological polar surface area (TPSA) is 68.4 Å². The zero-order valence-electron chi connectivity index (χ0n) is 28.3. The summed E-state index contributed by atoms with van der Waals surface area (Å²) in [5.41, 5.74) is 7.00. The van der Waals surface area contributed by atoms with E-state index in [1.165, 1.54) is 0 Å². The van der Waals surface area contributed by atoms with Crippen LogP contribution in [-0.2, 0) is 11.1 Å². The van der Waals surface area contributed by atoms with E-state index in [-0.39, 0.29) is 5.41 Å². The molecule has 5 nitrogen and oxygen atoms in total. The second-order valence-corrected chi connectivity index (χ2v) is 14.3. The molecule has 48 heavy (non-hydrogen) atoms. The predicted molar refractivity (Wildman–Crippen MR) is 199 cm³/mol. The van der Waals surface area contributed by atoms with Crippen molar-refractivity contribution in [1.82, 2.24) is 9.97 Å². The maximum atomic E-state index is 10.7. The van der Waals surface area contributed by atoms with Gasteiger partial charge in [0.1, 0.15) is 11.2 Å². The first kappa shape index (κ1) is 31.8. The van der Waals surface area contributed by atoms with Crippen LogP contribution in [0.3, 0.4) is 0 Å². The zero-order valence-corrected chi connectivity index (χ0v) is 28.3. The van der Waals surface area contributed by atoms with Gasteiger partial charge in [-0.2, -0.15) is 0 Å². The van der Waals surface area contributed by atoms with Gasteiger partial charge in [0.15, 0.2) is 5.82 Å². The Bertz CT molecular complexity index is 2160. The maximum absolute atomic E-state index is 10.7. The van der Waals surface area contributed by atoms with Crippen molar-refractivity contribution >= 4 is 34.9 Å². The fourth-order valence-corrected chi connectivity index (χ4v) is 6.25. The van der Waals surface area contributed by atoms with E-state index in [0.717, 1.165) is 79.7 Å². The lowest BCUT2D eigenvalue weighted by molar-refractivity contribution is -0.0893. The molecule has 2 heterocycles. The molecule has 6 aromatic rings. The highest BCUT2D eigenvalue weighted by atomic mass is 16.5. The second kappa shape index (κ2) is 12.4. The quantitative estimate of drug-likeness (QED) is 0.161. The van der Waals surface area contributed by atoms with Crippen LogP contribution in [0.5, 0.6) is 0 Å². The highest BCUT2D eigenvalue weighted by Crippen LogP contribution is 2.38. The number of aromatic nitrogens is 2. The molecule has 0 saturated carbocycles. The number of nitrogens with zero attached hydrogens (tertiary/aromatic N) is 2.